The molecule has 0 saturated heterocycles. The second-order valence-corrected chi connectivity index (χ2v) is 7.68. The SMILES string of the molecule is COC(=O)c1ccccc1NC(=O)CSc1nnc(-c2ccoc2C)n1-c1ccccc1. The third kappa shape index (κ3) is 4.42. The van der Waals surface area contributed by atoms with E-state index in [1.165, 1.54) is 18.9 Å². The number of carbonyl (C=O) groups is 2. The summed E-state index contributed by atoms with van der Waals surface area (Å²) in [5.74, 6) is 0.627. The third-order valence-corrected chi connectivity index (χ3v) is 5.62. The van der Waals surface area contributed by atoms with E-state index in [9.17, 15) is 9.59 Å². The van der Waals surface area contributed by atoms with Crippen molar-refractivity contribution in [2.24, 2.45) is 0 Å². The van der Waals surface area contributed by atoms with Crippen LogP contribution in [0.1, 0.15) is 16.1 Å². The number of nitrogens with zero attached hydrogens (tertiary/aromatic N) is 3. The van der Waals surface area contributed by atoms with Gasteiger partial charge in [0.2, 0.25) is 5.91 Å². The van der Waals surface area contributed by atoms with Gasteiger partial charge in [-0.05, 0) is 37.3 Å². The number of benzene rings is 2. The average Bonchev–Trinajstić information content (AvgIpc) is 3.43. The van der Waals surface area contributed by atoms with Crippen molar-refractivity contribution in [3.63, 3.8) is 0 Å². The Morgan fingerprint density at radius 3 is 2.53 bits per heavy atom. The lowest BCUT2D eigenvalue weighted by molar-refractivity contribution is -0.113. The first-order valence-electron chi connectivity index (χ1n) is 9.73. The summed E-state index contributed by atoms with van der Waals surface area (Å²) in [6.45, 7) is 1.86. The van der Waals surface area contributed by atoms with Crippen LogP contribution in [0.2, 0.25) is 0 Å². The zero-order chi connectivity index (χ0) is 22.5. The molecule has 0 radical (unpaired) electrons. The molecule has 2 heterocycles. The molecule has 0 unspecified atom stereocenters. The monoisotopic (exact) mass is 448 g/mol. The number of para-hydroxylation sites is 2. The highest BCUT2D eigenvalue weighted by atomic mass is 32.2. The Hall–Kier alpha value is -3.85. The number of hydrogen-bond acceptors (Lipinski definition) is 7. The molecular formula is C23H20N4O4S. The van der Waals surface area contributed by atoms with Crippen LogP contribution in [0.4, 0.5) is 5.69 Å². The van der Waals surface area contributed by atoms with Gasteiger partial charge in [0.25, 0.3) is 0 Å². The molecule has 0 aliphatic heterocycles. The summed E-state index contributed by atoms with van der Waals surface area (Å²) in [6, 6.07) is 18.2. The van der Waals surface area contributed by atoms with Crippen molar-refractivity contribution in [2.75, 3.05) is 18.2 Å². The molecule has 2 aromatic carbocycles. The van der Waals surface area contributed by atoms with E-state index in [2.05, 4.69) is 15.5 Å². The molecule has 4 aromatic rings. The van der Waals surface area contributed by atoms with E-state index in [0.29, 0.717) is 22.2 Å². The van der Waals surface area contributed by atoms with Crippen LogP contribution in [0.15, 0.2) is 76.5 Å². The van der Waals surface area contributed by atoms with Crippen LogP contribution >= 0.6 is 11.8 Å². The number of aromatic nitrogens is 3. The lowest BCUT2D eigenvalue weighted by Gasteiger charge is -2.11. The average molecular weight is 449 g/mol. The summed E-state index contributed by atoms with van der Waals surface area (Å²) in [7, 11) is 1.30. The molecular weight excluding hydrogens is 428 g/mol. The first kappa shape index (κ1) is 21.4. The topological polar surface area (TPSA) is 99.2 Å². The molecule has 9 heteroatoms. The number of carbonyl (C=O) groups excluding carboxylic acids is 2. The smallest absolute Gasteiger partial charge is 0.339 e. The lowest BCUT2D eigenvalue weighted by Crippen LogP contribution is -2.17. The predicted octanol–water partition coefficient (Wildman–Crippen LogP) is 4.35. The molecule has 2 aromatic heterocycles. The van der Waals surface area contributed by atoms with Gasteiger partial charge in [0.1, 0.15) is 5.76 Å². The van der Waals surface area contributed by atoms with E-state index in [4.69, 9.17) is 9.15 Å². The maximum absolute atomic E-state index is 12.6. The molecule has 0 bridgehead atoms. The van der Waals surface area contributed by atoms with E-state index in [1.54, 1.807) is 30.5 Å². The maximum atomic E-state index is 12.6. The number of rotatable bonds is 7. The third-order valence-electron chi connectivity index (χ3n) is 4.69. The first-order chi connectivity index (χ1) is 15.6. The molecule has 0 atom stereocenters. The fourth-order valence-electron chi connectivity index (χ4n) is 3.16. The fraction of sp³-hybridized carbons (Fsp3) is 0.130. The van der Waals surface area contributed by atoms with Crippen molar-refractivity contribution in [1.82, 2.24) is 14.8 Å². The van der Waals surface area contributed by atoms with E-state index < -0.39 is 5.97 Å². The second kappa shape index (κ2) is 9.52. The summed E-state index contributed by atoms with van der Waals surface area (Å²) in [6.07, 6.45) is 1.60. The number of esters is 1. The van der Waals surface area contributed by atoms with E-state index in [1.807, 2.05) is 47.9 Å². The van der Waals surface area contributed by atoms with Crippen LogP contribution in [0, 0.1) is 6.92 Å². The Bertz CT molecular complexity index is 1250. The number of anilines is 1. The predicted molar refractivity (Wildman–Crippen MR) is 121 cm³/mol. The summed E-state index contributed by atoms with van der Waals surface area (Å²) in [5, 5.41) is 12.0. The number of hydrogen-bond donors (Lipinski definition) is 1. The summed E-state index contributed by atoms with van der Waals surface area (Å²) in [4.78, 5) is 24.6. The minimum atomic E-state index is -0.516. The Morgan fingerprint density at radius 2 is 1.81 bits per heavy atom. The molecule has 0 aliphatic carbocycles. The number of ether oxygens (including phenoxy) is 1. The quantitative estimate of drug-likeness (QED) is 0.331. The molecule has 0 saturated carbocycles. The highest BCUT2D eigenvalue weighted by Gasteiger charge is 2.20. The van der Waals surface area contributed by atoms with Crippen molar-refractivity contribution in [3.05, 3.63) is 78.3 Å². The fourth-order valence-corrected chi connectivity index (χ4v) is 3.91. The van der Waals surface area contributed by atoms with Gasteiger partial charge in [-0.2, -0.15) is 0 Å². The molecule has 0 spiro atoms. The summed E-state index contributed by atoms with van der Waals surface area (Å²) in [5.41, 5.74) is 2.37. The Kier molecular flexibility index (Phi) is 6.37. The number of methoxy groups -OCH3 is 1. The van der Waals surface area contributed by atoms with Crippen LogP contribution in [-0.2, 0) is 9.53 Å². The van der Waals surface area contributed by atoms with Crippen LogP contribution in [0.25, 0.3) is 17.1 Å². The molecule has 0 fully saturated rings. The van der Waals surface area contributed by atoms with Gasteiger partial charge in [0.05, 0.1) is 35.9 Å². The normalized spacial score (nSPS) is 10.7. The second-order valence-electron chi connectivity index (χ2n) is 6.74. The highest BCUT2D eigenvalue weighted by Crippen LogP contribution is 2.30. The molecule has 0 aliphatic rings. The van der Waals surface area contributed by atoms with Gasteiger partial charge >= 0.3 is 5.97 Å². The Morgan fingerprint density at radius 1 is 1.06 bits per heavy atom. The molecule has 4 rings (SSSR count). The lowest BCUT2D eigenvalue weighted by atomic mass is 10.2. The van der Waals surface area contributed by atoms with Crippen molar-refractivity contribution in [1.29, 1.82) is 0 Å². The van der Waals surface area contributed by atoms with Gasteiger partial charge in [-0.25, -0.2) is 4.79 Å². The number of nitrogens with one attached hydrogen (secondary N) is 1. The van der Waals surface area contributed by atoms with Gasteiger partial charge in [0, 0.05) is 5.69 Å². The molecule has 32 heavy (non-hydrogen) atoms. The number of amides is 1. The van der Waals surface area contributed by atoms with Gasteiger partial charge in [-0.3, -0.25) is 9.36 Å². The van der Waals surface area contributed by atoms with Crippen LogP contribution in [0.5, 0.6) is 0 Å². The van der Waals surface area contributed by atoms with Crippen molar-refractivity contribution in [3.8, 4) is 17.1 Å². The zero-order valence-corrected chi connectivity index (χ0v) is 18.3. The molecule has 1 amide bonds. The Balaban J connectivity index is 1.57. The van der Waals surface area contributed by atoms with Crippen LogP contribution in [0.3, 0.4) is 0 Å². The minimum absolute atomic E-state index is 0.0742. The number of aryl methyl sites for hydroxylation is 1. The maximum Gasteiger partial charge on any atom is 0.339 e. The van der Waals surface area contributed by atoms with E-state index in [-0.39, 0.29) is 11.7 Å². The highest BCUT2D eigenvalue weighted by molar-refractivity contribution is 7.99. The van der Waals surface area contributed by atoms with Crippen molar-refractivity contribution < 1.29 is 18.7 Å². The number of furan rings is 1. The van der Waals surface area contributed by atoms with Gasteiger partial charge in [-0.15, -0.1) is 10.2 Å². The van der Waals surface area contributed by atoms with E-state index in [0.717, 1.165) is 17.0 Å². The van der Waals surface area contributed by atoms with Gasteiger partial charge in [-0.1, -0.05) is 42.1 Å². The minimum Gasteiger partial charge on any atom is -0.469 e. The largest absolute Gasteiger partial charge is 0.469 e. The molecule has 162 valence electrons. The van der Waals surface area contributed by atoms with Gasteiger partial charge in [0.15, 0.2) is 11.0 Å². The van der Waals surface area contributed by atoms with Crippen molar-refractivity contribution in [2.45, 2.75) is 12.1 Å². The van der Waals surface area contributed by atoms with Crippen LogP contribution in [-0.4, -0.2) is 39.5 Å². The summed E-state index contributed by atoms with van der Waals surface area (Å²) >= 11 is 1.24. The standard InChI is InChI=1S/C23H20N4O4S/c1-15-17(12-13-31-15)21-25-26-23(27(21)16-8-4-3-5-9-16)32-14-20(28)24-19-11-7-6-10-18(19)22(29)30-2/h3-13H,14H2,1-2H3,(H,24,28). The first-order valence-corrected chi connectivity index (χ1v) is 10.7. The Labute approximate surface area is 188 Å². The zero-order valence-electron chi connectivity index (χ0n) is 17.4. The number of thioether (sulfide) groups is 1. The molecule has 8 nitrogen and oxygen atoms in total. The summed E-state index contributed by atoms with van der Waals surface area (Å²) < 4.78 is 12.1. The van der Waals surface area contributed by atoms with Gasteiger partial charge < -0.3 is 14.5 Å². The van der Waals surface area contributed by atoms with Crippen LogP contribution < -0.4 is 5.32 Å². The van der Waals surface area contributed by atoms with Crippen molar-refractivity contribution >= 4 is 29.3 Å². The van der Waals surface area contributed by atoms with E-state index >= 15 is 0 Å². The molecule has 1 N–H and O–H groups in total.